The van der Waals surface area contributed by atoms with Crippen molar-refractivity contribution in [3.05, 3.63) is 0 Å². The highest BCUT2D eigenvalue weighted by Gasteiger charge is 2.74. The zero-order valence-corrected chi connectivity index (χ0v) is 9.66. The summed E-state index contributed by atoms with van der Waals surface area (Å²) in [5.41, 5.74) is -1.19. The Bertz CT molecular complexity index is 341. The molecule has 3 heteroatoms. The Kier molecular flexibility index (Phi) is 1.85. The predicted molar refractivity (Wildman–Crippen MR) is 57.9 cm³/mol. The maximum atomic E-state index is 12.1. The van der Waals surface area contributed by atoms with Crippen molar-refractivity contribution in [1.82, 2.24) is 0 Å². The molecule has 3 fully saturated rings. The van der Waals surface area contributed by atoms with Crippen LogP contribution in [0.3, 0.4) is 0 Å². The minimum absolute atomic E-state index is 0.139. The molecule has 0 aromatic rings. The molecule has 3 rings (SSSR count). The molecule has 88 valence electrons. The van der Waals surface area contributed by atoms with Crippen LogP contribution in [-0.2, 0) is 9.59 Å². The summed E-state index contributed by atoms with van der Waals surface area (Å²) in [6.07, 6.45) is 5.52. The van der Waals surface area contributed by atoms with Crippen molar-refractivity contribution in [2.24, 2.45) is 22.7 Å². The molecule has 3 aliphatic rings. The molecule has 0 spiro atoms. The van der Waals surface area contributed by atoms with Gasteiger partial charge in [0.15, 0.2) is 0 Å². The lowest BCUT2D eigenvalue weighted by Gasteiger charge is -2.44. The van der Waals surface area contributed by atoms with E-state index in [-0.39, 0.29) is 11.7 Å². The highest BCUT2D eigenvalue weighted by atomic mass is 16.4. The molecule has 1 N–H and O–H groups in total. The molecule has 16 heavy (non-hydrogen) atoms. The van der Waals surface area contributed by atoms with Crippen molar-refractivity contribution in [3.8, 4) is 0 Å². The first kappa shape index (κ1) is 10.3. The van der Waals surface area contributed by atoms with Gasteiger partial charge in [-0.1, -0.05) is 6.42 Å². The van der Waals surface area contributed by atoms with Crippen LogP contribution in [0.15, 0.2) is 0 Å². The van der Waals surface area contributed by atoms with Crippen molar-refractivity contribution in [1.29, 1.82) is 0 Å². The van der Waals surface area contributed by atoms with Gasteiger partial charge in [0.25, 0.3) is 0 Å². The summed E-state index contributed by atoms with van der Waals surface area (Å²) < 4.78 is 0. The molecule has 0 aromatic carbocycles. The number of carbonyl (C=O) groups excluding carboxylic acids is 1. The number of aliphatic carboxylic acids is 1. The molecule has 0 saturated heterocycles. The van der Waals surface area contributed by atoms with Gasteiger partial charge in [0.05, 0.1) is 5.41 Å². The number of Topliss-reactive ketones (excluding diaryl/α,β-unsaturated/α-hetero) is 1. The molecule has 4 atom stereocenters. The minimum atomic E-state index is -0.701. The molecule has 3 saturated carbocycles. The van der Waals surface area contributed by atoms with Crippen molar-refractivity contribution in [2.75, 3.05) is 0 Å². The van der Waals surface area contributed by atoms with E-state index in [4.69, 9.17) is 0 Å². The maximum absolute atomic E-state index is 12.1. The molecule has 3 nitrogen and oxygen atoms in total. The van der Waals surface area contributed by atoms with Gasteiger partial charge in [-0.15, -0.1) is 0 Å². The van der Waals surface area contributed by atoms with Gasteiger partial charge in [0.1, 0.15) is 5.78 Å². The summed E-state index contributed by atoms with van der Waals surface area (Å²) in [7, 11) is 0. The van der Waals surface area contributed by atoms with E-state index in [1.54, 1.807) is 6.92 Å². The first-order chi connectivity index (χ1) is 7.55. The first-order valence-electron chi connectivity index (χ1n) is 6.30. The maximum Gasteiger partial charge on any atom is 0.310 e. The number of carboxylic acid groups (broad SMARTS) is 1. The summed E-state index contributed by atoms with van der Waals surface area (Å²) >= 11 is 0. The summed E-state index contributed by atoms with van der Waals surface area (Å²) in [6.45, 7) is 1.61. The van der Waals surface area contributed by atoms with Crippen LogP contribution in [0.1, 0.15) is 45.4 Å². The van der Waals surface area contributed by atoms with Gasteiger partial charge in [-0.2, -0.15) is 0 Å². The predicted octanol–water partition coefficient (Wildman–Crippen LogP) is 2.25. The van der Waals surface area contributed by atoms with Crippen LogP contribution in [0.5, 0.6) is 0 Å². The molecule has 0 radical (unpaired) electrons. The number of fused-ring (bicyclic) bond motifs is 5. The Morgan fingerprint density at radius 1 is 1.12 bits per heavy atom. The van der Waals surface area contributed by atoms with E-state index >= 15 is 0 Å². The molecule has 4 unspecified atom stereocenters. The Balaban J connectivity index is 2.19. The van der Waals surface area contributed by atoms with Gasteiger partial charge in [0.2, 0.25) is 0 Å². The largest absolute Gasteiger partial charge is 0.481 e. The van der Waals surface area contributed by atoms with Crippen LogP contribution < -0.4 is 0 Å². The molecule has 0 aromatic heterocycles. The van der Waals surface area contributed by atoms with E-state index in [0.29, 0.717) is 5.92 Å². The quantitative estimate of drug-likeness (QED) is 0.779. The topological polar surface area (TPSA) is 54.4 Å². The molecule has 0 heterocycles. The van der Waals surface area contributed by atoms with Gasteiger partial charge in [-0.25, -0.2) is 0 Å². The number of carbonyl (C=O) groups is 2. The fraction of sp³-hybridized carbons (Fsp3) is 0.846. The fourth-order valence-corrected chi connectivity index (χ4v) is 5.36. The lowest BCUT2D eigenvalue weighted by molar-refractivity contribution is -0.166. The second kappa shape index (κ2) is 2.88. The van der Waals surface area contributed by atoms with Gasteiger partial charge >= 0.3 is 5.97 Å². The smallest absolute Gasteiger partial charge is 0.310 e. The van der Waals surface area contributed by atoms with Crippen molar-refractivity contribution >= 4 is 11.8 Å². The Labute approximate surface area is 95.2 Å². The van der Waals surface area contributed by atoms with Gasteiger partial charge < -0.3 is 5.11 Å². The summed E-state index contributed by atoms with van der Waals surface area (Å²) in [5.74, 6) is 0.0574. The van der Waals surface area contributed by atoms with Crippen molar-refractivity contribution in [2.45, 2.75) is 45.4 Å². The van der Waals surface area contributed by atoms with E-state index < -0.39 is 16.8 Å². The van der Waals surface area contributed by atoms with E-state index in [9.17, 15) is 14.7 Å². The van der Waals surface area contributed by atoms with E-state index in [1.165, 1.54) is 0 Å². The summed E-state index contributed by atoms with van der Waals surface area (Å²) in [4.78, 5) is 23.8. The van der Waals surface area contributed by atoms with E-state index in [0.717, 1.165) is 38.5 Å². The lowest BCUT2D eigenvalue weighted by Crippen LogP contribution is -2.52. The minimum Gasteiger partial charge on any atom is -0.481 e. The zero-order chi connectivity index (χ0) is 11.6. The average molecular weight is 222 g/mol. The van der Waals surface area contributed by atoms with Crippen LogP contribution >= 0.6 is 0 Å². The third-order valence-electron chi connectivity index (χ3n) is 5.77. The molecular formula is C13H18O3. The molecule has 3 aliphatic carbocycles. The van der Waals surface area contributed by atoms with Crippen LogP contribution in [-0.4, -0.2) is 16.9 Å². The first-order valence-corrected chi connectivity index (χ1v) is 6.30. The lowest BCUT2D eigenvalue weighted by atomic mass is 9.56. The van der Waals surface area contributed by atoms with Crippen LogP contribution in [0.4, 0.5) is 0 Å². The highest BCUT2D eigenvalue weighted by Crippen LogP contribution is 2.73. The van der Waals surface area contributed by atoms with Crippen molar-refractivity contribution in [3.63, 3.8) is 0 Å². The standard InChI is InChI=1S/C13H18O3/c1-8(14)12-5-2-6-13(12,11(15)16)10-4-3-9(12)7-10/h9-10H,2-7H2,1H3,(H,15,16). The van der Waals surface area contributed by atoms with Crippen molar-refractivity contribution < 1.29 is 14.7 Å². The summed E-state index contributed by atoms with van der Waals surface area (Å²) in [5, 5.41) is 9.66. The summed E-state index contributed by atoms with van der Waals surface area (Å²) in [6, 6.07) is 0. The van der Waals surface area contributed by atoms with Gasteiger partial charge in [-0.05, 0) is 50.9 Å². The van der Waals surface area contributed by atoms with Gasteiger partial charge in [0, 0.05) is 5.41 Å². The molecule has 0 aliphatic heterocycles. The fourth-order valence-electron chi connectivity index (χ4n) is 5.36. The second-order valence-corrected chi connectivity index (χ2v) is 5.86. The third-order valence-corrected chi connectivity index (χ3v) is 5.77. The highest BCUT2D eigenvalue weighted by molar-refractivity contribution is 5.93. The van der Waals surface area contributed by atoms with Gasteiger partial charge in [-0.3, -0.25) is 9.59 Å². The van der Waals surface area contributed by atoms with Crippen LogP contribution in [0.25, 0.3) is 0 Å². The zero-order valence-electron chi connectivity index (χ0n) is 9.66. The average Bonchev–Trinajstić information content (AvgIpc) is 2.88. The Morgan fingerprint density at radius 2 is 1.69 bits per heavy atom. The Morgan fingerprint density at radius 3 is 2.19 bits per heavy atom. The SMILES string of the molecule is CC(=O)C12CCCC1(C(=O)O)C1CCC2C1. The van der Waals surface area contributed by atoms with E-state index in [1.807, 2.05) is 0 Å². The van der Waals surface area contributed by atoms with Crippen LogP contribution in [0, 0.1) is 22.7 Å². The molecule has 0 amide bonds. The number of ketones is 1. The number of hydrogen-bond acceptors (Lipinski definition) is 2. The van der Waals surface area contributed by atoms with Crippen LogP contribution in [0.2, 0.25) is 0 Å². The molecular weight excluding hydrogens is 204 g/mol. The Hall–Kier alpha value is -0.860. The third kappa shape index (κ3) is 0.802. The monoisotopic (exact) mass is 222 g/mol. The van der Waals surface area contributed by atoms with E-state index in [2.05, 4.69) is 0 Å². The molecule has 2 bridgehead atoms. The number of rotatable bonds is 2. The number of hydrogen-bond donors (Lipinski definition) is 1. The number of carboxylic acids is 1. The normalized spacial score (nSPS) is 49.3. The second-order valence-electron chi connectivity index (χ2n) is 5.86.